The molecular formula is C18H19N3. The van der Waals surface area contributed by atoms with Gasteiger partial charge >= 0.3 is 0 Å². The molecular weight excluding hydrogens is 258 g/mol. The number of nitrogens with two attached hydrogens (primary N) is 1. The molecule has 3 aromatic rings. The summed E-state index contributed by atoms with van der Waals surface area (Å²) in [7, 11) is 0. The van der Waals surface area contributed by atoms with Gasteiger partial charge in [0, 0.05) is 11.6 Å². The van der Waals surface area contributed by atoms with Crippen LogP contribution in [-0.4, -0.2) is 4.98 Å². The molecule has 1 heterocycles. The first-order valence-electron chi connectivity index (χ1n) is 7.07. The zero-order chi connectivity index (χ0) is 14.8. The van der Waals surface area contributed by atoms with Crippen molar-refractivity contribution in [2.24, 2.45) is 5.84 Å². The van der Waals surface area contributed by atoms with Gasteiger partial charge in [0.15, 0.2) is 0 Å². The molecule has 0 saturated carbocycles. The molecule has 0 amide bonds. The van der Waals surface area contributed by atoms with Crippen LogP contribution in [0.25, 0.3) is 10.9 Å². The van der Waals surface area contributed by atoms with E-state index < -0.39 is 0 Å². The van der Waals surface area contributed by atoms with Crippen molar-refractivity contribution in [3.63, 3.8) is 0 Å². The number of nitrogens with zero attached hydrogens (tertiary/aromatic N) is 1. The van der Waals surface area contributed by atoms with Crippen molar-refractivity contribution in [2.45, 2.75) is 19.9 Å². The van der Waals surface area contributed by atoms with Gasteiger partial charge in [-0.15, -0.1) is 0 Å². The topological polar surface area (TPSA) is 50.9 Å². The van der Waals surface area contributed by atoms with Crippen molar-refractivity contribution < 1.29 is 0 Å². The Balaban J connectivity index is 2.11. The number of fused-ring (bicyclic) bond motifs is 1. The SMILES string of the molecule is Cc1cccc(C(NN)c2ccc3cccnc3c2)c1C. The molecule has 0 aliphatic rings. The maximum absolute atomic E-state index is 5.83. The summed E-state index contributed by atoms with van der Waals surface area (Å²) in [5.74, 6) is 5.83. The number of pyridine rings is 1. The fourth-order valence-electron chi connectivity index (χ4n) is 2.72. The molecule has 3 rings (SSSR count). The summed E-state index contributed by atoms with van der Waals surface area (Å²) in [6.45, 7) is 4.25. The van der Waals surface area contributed by atoms with Crippen LogP contribution < -0.4 is 11.3 Å². The quantitative estimate of drug-likeness (QED) is 0.570. The van der Waals surface area contributed by atoms with Gasteiger partial charge in [-0.1, -0.05) is 36.4 Å². The number of nitrogens with one attached hydrogen (secondary N) is 1. The van der Waals surface area contributed by atoms with Gasteiger partial charge < -0.3 is 0 Å². The van der Waals surface area contributed by atoms with E-state index in [4.69, 9.17) is 5.84 Å². The van der Waals surface area contributed by atoms with E-state index in [9.17, 15) is 0 Å². The van der Waals surface area contributed by atoms with Crippen molar-refractivity contribution in [3.8, 4) is 0 Å². The second kappa shape index (κ2) is 5.64. The molecule has 0 aliphatic heterocycles. The largest absolute Gasteiger partial charge is 0.271 e. The first-order valence-corrected chi connectivity index (χ1v) is 7.07. The molecule has 0 bridgehead atoms. The maximum Gasteiger partial charge on any atom is 0.0713 e. The number of aromatic nitrogens is 1. The summed E-state index contributed by atoms with van der Waals surface area (Å²) in [5.41, 5.74) is 8.79. The van der Waals surface area contributed by atoms with Gasteiger partial charge in [-0.2, -0.15) is 0 Å². The lowest BCUT2D eigenvalue weighted by molar-refractivity contribution is 0.633. The number of hydrogen-bond acceptors (Lipinski definition) is 3. The van der Waals surface area contributed by atoms with E-state index in [1.165, 1.54) is 16.7 Å². The van der Waals surface area contributed by atoms with Crippen LogP contribution in [0.2, 0.25) is 0 Å². The molecule has 1 unspecified atom stereocenters. The van der Waals surface area contributed by atoms with Crippen LogP contribution in [0.15, 0.2) is 54.7 Å². The Morgan fingerprint density at radius 1 is 1.05 bits per heavy atom. The molecule has 0 spiro atoms. The van der Waals surface area contributed by atoms with Gasteiger partial charge in [0.1, 0.15) is 0 Å². The van der Waals surface area contributed by atoms with Crippen LogP contribution in [0.5, 0.6) is 0 Å². The van der Waals surface area contributed by atoms with E-state index in [1.807, 2.05) is 12.3 Å². The van der Waals surface area contributed by atoms with Gasteiger partial charge in [0.25, 0.3) is 0 Å². The van der Waals surface area contributed by atoms with Crippen LogP contribution in [-0.2, 0) is 0 Å². The summed E-state index contributed by atoms with van der Waals surface area (Å²) in [4.78, 5) is 4.42. The Morgan fingerprint density at radius 3 is 2.71 bits per heavy atom. The predicted octanol–water partition coefficient (Wildman–Crippen LogP) is 3.40. The van der Waals surface area contributed by atoms with Gasteiger partial charge in [0.2, 0.25) is 0 Å². The zero-order valence-corrected chi connectivity index (χ0v) is 12.3. The Kier molecular flexibility index (Phi) is 3.69. The minimum atomic E-state index is -0.0312. The normalized spacial score (nSPS) is 12.5. The molecule has 0 aliphatic carbocycles. The predicted molar refractivity (Wildman–Crippen MR) is 86.8 cm³/mol. The average Bonchev–Trinajstić information content (AvgIpc) is 2.52. The van der Waals surface area contributed by atoms with E-state index in [2.05, 4.69) is 66.7 Å². The Morgan fingerprint density at radius 2 is 1.90 bits per heavy atom. The number of aryl methyl sites for hydroxylation is 1. The lowest BCUT2D eigenvalue weighted by Gasteiger charge is -2.20. The third-order valence-electron chi connectivity index (χ3n) is 4.09. The Hall–Kier alpha value is -2.23. The van der Waals surface area contributed by atoms with Gasteiger partial charge in [-0.3, -0.25) is 10.8 Å². The number of hydrogen-bond donors (Lipinski definition) is 2. The van der Waals surface area contributed by atoms with Crippen molar-refractivity contribution in [2.75, 3.05) is 0 Å². The molecule has 1 aromatic heterocycles. The zero-order valence-electron chi connectivity index (χ0n) is 12.3. The summed E-state index contributed by atoms with van der Waals surface area (Å²) in [5, 5.41) is 1.14. The molecule has 3 nitrogen and oxygen atoms in total. The highest BCUT2D eigenvalue weighted by Gasteiger charge is 2.15. The molecule has 1 atom stereocenters. The fourth-order valence-corrected chi connectivity index (χ4v) is 2.72. The van der Waals surface area contributed by atoms with Crippen LogP contribution in [0, 0.1) is 13.8 Å². The highest BCUT2D eigenvalue weighted by Crippen LogP contribution is 2.27. The minimum absolute atomic E-state index is 0.0312. The van der Waals surface area contributed by atoms with E-state index >= 15 is 0 Å². The molecule has 106 valence electrons. The molecule has 0 radical (unpaired) electrons. The van der Waals surface area contributed by atoms with E-state index in [0.29, 0.717) is 0 Å². The monoisotopic (exact) mass is 277 g/mol. The molecule has 3 N–H and O–H groups in total. The standard InChI is InChI=1S/C18H19N3/c1-12-5-3-7-16(13(12)2)18(21-19)15-9-8-14-6-4-10-20-17(14)11-15/h3-11,18,21H,19H2,1-2H3. The lowest BCUT2D eigenvalue weighted by Crippen LogP contribution is -2.29. The van der Waals surface area contributed by atoms with Crippen LogP contribution in [0.1, 0.15) is 28.3 Å². The van der Waals surface area contributed by atoms with Gasteiger partial charge in [0.05, 0.1) is 11.6 Å². The fraction of sp³-hybridized carbons (Fsp3) is 0.167. The van der Waals surface area contributed by atoms with Crippen molar-refractivity contribution in [1.82, 2.24) is 10.4 Å². The van der Waals surface area contributed by atoms with E-state index in [0.717, 1.165) is 16.5 Å². The molecule has 2 aromatic carbocycles. The third-order valence-corrected chi connectivity index (χ3v) is 4.09. The molecule has 0 fully saturated rings. The number of hydrazine groups is 1. The second-order valence-electron chi connectivity index (χ2n) is 5.34. The van der Waals surface area contributed by atoms with Crippen LogP contribution in [0.3, 0.4) is 0 Å². The van der Waals surface area contributed by atoms with Crippen molar-refractivity contribution in [3.05, 3.63) is 77.0 Å². The first kappa shape index (κ1) is 13.7. The van der Waals surface area contributed by atoms with Gasteiger partial charge in [-0.05, 0) is 48.2 Å². The second-order valence-corrected chi connectivity index (χ2v) is 5.34. The van der Waals surface area contributed by atoms with Crippen molar-refractivity contribution in [1.29, 1.82) is 0 Å². The van der Waals surface area contributed by atoms with Gasteiger partial charge in [-0.25, -0.2) is 5.43 Å². The van der Waals surface area contributed by atoms with Crippen molar-refractivity contribution >= 4 is 10.9 Å². The molecule has 0 saturated heterocycles. The summed E-state index contributed by atoms with van der Waals surface area (Å²) < 4.78 is 0. The smallest absolute Gasteiger partial charge is 0.0713 e. The average molecular weight is 277 g/mol. The molecule has 3 heteroatoms. The summed E-state index contributed by atoms with van der Waals surface area (Å²) in [6.07, 6.45) is 1.81. The highest BCUT2D eigenvalue weighted by molar-refractivity contribution is 5.79. The number of rotatable bonds is 3. The summed E-state index contributed by atoms with van der Waals surface area (Å²) >= 11 is 0. The van der Waals surface area contributed by atoms with Crippen LogP contribution >= 0.6 is 0 Å². The highest BCUT2D eigenvalue weighted by atomic mass is 15.2. The maximum atomic E-state index is 5.83. The first-order chi connectivity index (χ1) is 10.2. The minimum Gasteiger partial charge on any atom is -0.271 e. The van der Waals surface area contributed by atoms with Crippen LogP contribution in [0.4, 0.5) is 0 Å². The molecule has 21 heavy (non-hydrogen) atoms. The number of benzene rings is 2. The Labute approximate surface area is 124 Å². The Bertz CT molecular complexity index is 780. The third kappa shape index (κ3) is 2.53. The lowest BCUT2D eigenvalue weighted by atomic mass is 9.92. The van der Waals surface area contributed by atoms with E-state index in [-0.39, 0.29) is 6.04 Å². The summed E-state index contributed by atoms with van der Waals surface area (Å²) in [6, 6.07) is 16.6. The van der Waals surface area contributed by atoms with E-state index in [1.54, 1.807) is 0 Å².